The van der Waals surface area contributed by atoms with Gasteiger partial charge in [-0.15, -0.1) is 0 Å². The van der Waals surface area contributed by atoms with Crippen molar-refractivity contribution >= 4 is 47.6 Å². The molecule has 0 aliphatic heterocycles. The summed E-state index contributed by atoms with van der Waals surface area (Å²) in [6.07, 6.45) is 3.01. The SMILES string of the molecule is CCCCc1nc(N)c2nc(I)n(COCC[Si](C)(C)C)c2n1. The molecule has 0 atom stereocenters. The van der Waals surface area contributed by atoms with E-state index in [9.17, 15) is 0 Å². The number of anilines is 1. The molecular weight excluding hydrogens is 421 g/mol. The van der Waals surface area contributed by atoms with Crippen molar-refractivity contribution in [2.45, 2.75) is 58.6 Å². The first-order valence-corrected chi connectivity index (χ1v) is 12.9. The summed E-state index contributed by atoms with van der Waals surface area (Å²) in [5.74, 6) is 1.25. The molecule has 2 heterocycles. The van der Waals surface area contributed by atoms with E-state index in [4.69, 9.17) is 10.5 Å². The summed E-state index contributed by atoms with van der Waals surface area (Å²) in [4.78, 5) is 13.5. The molecule has 23 heavy (non-hydrogen) atoms. The van der Waals surface area contributed by atoms with Crippen molar-refractivity contribution in [2.75, 3.05) is 12.3 Å². The third-order valence-corrected chi connectivity index (χ3v) is 6.12. The molecule has 2 rings (SSSR count). The van der Waals surface area contributed by atoms with Crippen LogP contribution in [0.2, 0.25) is 25.7 Å². The number of unbranched alkanes of at least 4 members (excludes halogenated alkanes) is 1. The van der Waals surface area contributed by atoms with Gasteiger partial charge in [0.05, 0.1) is 0 Å². The number of aryl methyl sites for hydroxylation is 1. The van der Waals surface area contributed by atoms with Crippen LogP contribution in [0, 0.1) is 3.83 Å². The fraction of sp³-hybridized carbons (Fsp3) is 0.667. The van der Waals surface area contributed by atoms with Crippen LogP contribution in [-0.4, -0.2) is 34.2 Å². The van der Waals surface area contributed by atoms with Crippen LogP contribution in [0.4, 0.5) is 5.82 Å². The summed E-state index contributed by atoms with van der Waals surface area (Å²) in [5, 5.41) is 0. The maximum absolute atomic E-state index is 6.06. The van der Waals surface area contributed by atoms with Crippen molar-refractivity contribution in [2.24, 2.45) is 0 Å². The summed E-state index contributed by atoms with van der Waals surface area (Å²) < 4.78 is 8.67. The summed E-state index contributed by atoms with van der Waals surface area (Å²) in [7, 11) is -1.08. The predicted octanol–water partition coefficient (Wildman–Crippen LogP) is 3.67. The first-order valence-electron chi connectivity index (χ1n) is 8.07. The molecule has 0 fully saturated rings. The number of hydrogen-bond donors (Lipinski definition) is 1. The summed E-state index contributed by atoms with van der Waals surface area (Å²) in [6.45, 7) is 10.4. The van der Waals surface area contributed by atoms with E-state index in [0.717, 1.165) is 47.2 Å². The molecule has 0 aliphatic carbocycles. The van der Waals surface area contributed by atoms with Gasteiger partial charge in [-0.2, -0.15) is 0 Å². The number of imidazole rings is 1. The topological polar surface area (TPSA) is 78.8 Å². The standard InChI is InChI=1S/C15H26IN5OSi/c1-5-6-7-11-18-13(17)12-14(19-11)21(15(16)20-12)10-22-8-9-23(2,3)4/h5-10H2,1-4H3,(H2,17,18,19). The molecule has 0 unspecified atom stereocenters. The Morgan fingerprint density at radius 3 is 2.61 bits per heavy atom. The molecule has 0 aromatic carbocycles. The third kappa shape index (κ3) is 5.11. The van der Waals surface area contributed by atoms with Gasteiger partial charge in [-0.25, -0.2) is 15.0 Å². The molecule has 0 spiro atoms. The summed E-state index contributed by atoms with van der Waals surface area (Å²) in [6, 6.07) is 1.15. The van der Waals surface area contributed by atoms with Gasteiger partial charge in [0.1, 0.15) is 12.6 Å². The Bertz CT molecular complexity index is 668. The summed E-state index contributed by atoms with van der Waals surface area (Å²) >= 11 is 2.20. The Balaban J connectivity index is 2.18. The number of rotatable bonds is 8. The van der Waals surface area contributed by atoms with Crippen LogP contribution in [-0.2, 0) is 17.9 Å². The van der Waals surface area contributed by atoms with E-state index in [1.54, 1.807) is 0 Å². The quantitative estimate of drug-likeness (QED) is 0.289. The van der Waals surface area contributed by atoms with Crippen molar-refractivity contribution in [3.05, 3.63) is 9.66 Å². The number of halogens is 1. The fourth-order valence-electron chi connectivity index (χ4n) is 2.14. The molecule has 6 nitrogen and oxygen atoms in total. The van der Waals surface area contributed by atoms with Gasteiger partial charge in [0, 0.05) is 43.7 Å². The van der Waals surface area contributed by atoms with E-state index in [-0.39, 0.29) is 0 Å². The highest BCUT2D eigenvalue weighted by Crippen LogP contribution is 2.21. The molecule has 0 amide bonds. The number of hydrogen-bond acceptors (Lipinski definition) is 5. The van der Waals surface area contributed by atoms with Crippen molar-refractivity contribution in [1.29, 1.82) is 0 Å². The number of fused-ring (bicyclic) bond motifs is 1. The lowest BCUT2D eigenvalue weighted by molar-refractivity contribution is 0.0878. The van der Waals surface area contributed by atoms with Gasteiger partial charge in [-0.1, -0.05) is 33.0 Å². The van der Waals surface area contributed by atoms with E-state index in [0.29, 0.717) is 18.1 Å². The smallest absolute Gasteiger partial charge is 0.175 e. The minimum atomic E-state index is -1.08. The predicted molar refractivity (Wildman–Crippen MR) is 105 cm³/mol. The normalized spacial score (nSPS) is 12.2. The van der Waals surface area contributed by atoms with Crippen LogP contribution in [0.15, 0.2) is 0 Å². The Hall–Kier alpha value is -0.743. The minimum absolute atomic E-state index is 0.458. The Morgan fingerprint density at radius 1 is 1.22 bits per heavy atom. The Kier molecular flexibility index (Phi) is 6.38. The van der Waals surface area contributed by atoms with Crippen LogP contribution < -0.4 is 5.73 Å². The number of ether oxygens (including phenoxy) is 1. The second kappa shape index (κ2) is 7.89. The van der Waals surface area contributed by atoms with Gasteiger partial charge in [-0.05, 0) is 12.5 Å². The molecule has 0 aliphatic rings. The molecule has 0 saturated carbocycles. The lowest BCUT2D eigenvalue weighted by atomic mass is 10.2. The van der Waals surface area contributed by atoms with Gasteiger partial charge in [0.25, 0.3) is 0 Å². The van der Waals surface area contributed by atoms with Gasteiger partial charge < -0.3 is 10.5 Å². The lowest BCUT2D eigenvalue weighted by Crippen LogP contribution is -2.22. The molecule has 0 radical (unpaired) electrons. The van der Waals surface area contributed by atoms with E-state index >= 15 is 0 Å². The molecule has 8 heteroatoms. The van der Waals surface area contributed by atoms with Crippen LogP contribution in [0.5, 0.6) is 0 Å². The van der Waals surface area contributed by atoms with Gasteiger partial charge >= 0.3 is 0 Å². The van der Waals surface area contributed by atoms with Crippen molar-refractivity contribution in [3.8, 4) is 0 Å². The van der Waals surface area contributed by atoms with Crippen molar-refractivity contribution < 1.29 is 4.74 Å². The molecule has 0 bridgehead atoms. The average Bonchev–Trinajstić information content (AvgIpc) is 2.77. The number of nitrogens with two attached hydrogens (primary N) is 1. The molecule has 0 saturated heterocycles. The first kappa shape index (κ1) is 18.6. The second-order valence-corrected chi connectivity index (χ2v) is 13.5. The van der Waals surface area contributed by atoms with E-state index in [1.807, 2.05) is 4.57 Å². The Morgan fingerprint density at radius 2 is 1.96 bits per heavy atom. The largest absolute Gasteiger partial charge is 0.382 e. The number of nitrogen functional groups attached to an aromatic ring is 1. The molecule has 2 aromatic heterocycles. The average molecular weight is 447 g/mol. The monoisotopic (exact) mass is 447 g/mol. The van der Waals surface area contributed by atoms with E-state index in [1.165, 1.54) is 0 Å². The van der Waals surface area contributed by atoms with E-state index in [2.05, 4.69) is 64.1 Å². The number of nitrogens with zero attached hydrogens (tertiary/aromatic N) is 4. The molecule has 2 N–H and O–H groups in total. The van der Waals surface area contributed by atoms with Gasteiger partial charge in [-0.3, -0.25) is 4.57 Å². The summed E-state index contributed by atoms with van der Waals surface area (Å²) in [5.41, 5.74) is 7.51. The van der Waals surface area contributed by atoms with Gasteiger partial charge in [0.15, 0.2) is 20.8 Å². The fourth-order valence-corrected chi connectivity index (χ4v) is 3.50. The van der Waals surface area contributed by atoms with Crippen LogP contribution >= 0.6 is 22.6 Å². The Labute approximate surface area is 152 Å². The molecule has 2 aromatic rings. The highest BCUT2D eigenvalue weighted by Gasteiger charge is 2.16. The maximum atomic E-state index is 6.06. The second-order valence-electron chi connectivity index (χ2n) is 6.96. The van der Waals surface area contributed by atoms with Gasteiger partial charge in [0.2, 0.25) is 0 Å². The van der Waals surface area contributed by atoms with Crippen molar-refractivity contribution in [3.63, 3.8) is 0 Å². The first-order chi connectivity index (χ1) is 10.8. The zero-order valence-corrected chi connectivity index (χ0v) is 17.6. The maximum Gasteiger partial charge on any atom is 0.175 e. The lowest BCUT2D eigenvalue weighted by Gasteiger charge is -2.15. The van der Waals surface area contributed by atoms with Crippen LogP contribution in [0.1, 0.15) is 25.6 Å². The van der Waals surface area contributed by atoms with Crippen LogP contribution in [0.3, 0.4) is 0 Å². The van der Waals surface area contributed by atoms with Crippen molar-refractivity contribution in [1.82, 2.24) is 19.5 Å². The number of aromatic nitrogens is 4. The zero-order valence-electron chi connectivity index (χ0n) is 14.4. The molecular formula is C15H26IN5OSi. The van der Waals surface area contributed by atoms with E-state index < -0.39 is 8.07 Å². The minimum Gasteiger partial charge on any atom is -0.382 e. The highest BCUT2D eigenvalue weighted by molar-refractivity contribution is 14.1. The zero-order chi connectivity index (χ0) is 17.0. The molecule has 128 valence electrons. The third-order valence-electron chi connectivity index (χ3n) is 3.59. The van der Waals surface area contributed by atoms with Crippen LogP contribution in [0.25, 0.3) is 11.2 Å². The highest BCUT2D eigenvalue weighted by atomic mass is 127.